The van der Waals surface area contributed by atoms with Gasteiger partial charge in [0.05, 0.1) is 0 Å². The summed E-state index contributed by atoms with van der Waals surface area (Å²) in [4.78, 5) is 15.5. The molecule has 0 spiro atoms. The molecule has 0 bridgehead atoms. The van der Waals surface area contributed by atoms with Crippen LogP contribution in [-0.4, -0.2) is 45.6 Å². The molecule has 1 aromatic heterocycles. The summed E-state index contributed by atoms with van der Waals surface area (Å²) >= 11 is 2.01. The molecule has 2 saturated heterocycles. The van der Waals surface area contributed by atoms with E-state index >= 15 is 0 Å². The molecule has 0 radical (unpaired) electrons. The molecule has 0 atom stereocenters. The van der Waals surface area contributed by atoms with E-state index in [9.17, 15) is 0 Å². The van der Waals surface area contributed by atoms with Gasteiger partial charge in [0.25, 0.3) is 0 Å². The van der Waals surface area contributed by atoms with Crippen molar-refractivity contribution in [2.24, 2.45) is 5.84 Å². The van der Waals surface area contributed by atoms with Crippen LogP contribution >= 0.6 is 11.8 Å². The summed E-state index contributed by atoms with van der Waals surface area (Å²) in [6.45, 7) is 2.01. The zero-order valence-electron chi connectivity index (χ0n) is 12.2. The van der Waals surface area contributed by atoms with Crippen LogP contribution < -0.4 is 21.5 Å². The molecule has 2 aliphatic rings. The number of hydrazine groups is 1. The van der Waals surface area contributed by atoms with E-state index in [-0.39, 0.29) is 0 Å². The fourth-order valence-corrected chi connectivity index (χ4v) is 3.86. The molecule has 1 aromatic rings. The van der Waals surface area contributed by atoms with Crippen molar-refractivity contribution in [3.8, 4) is 0 Å². The van der Waals surface area contributed by atoms with Crippen molar-refractivity contribution in [3.63, 3.8) is 0 Å². The van der Waals surface area contributed by atoms with Crippen LogP contribution in [0.2, 0.25) is 0 Å². The maximum absolute atomic E-state index is 5.50. The highest BCUT2D eigenvalue weighted by molar-refractivity contribution is 7.99. The highest BCUT2D eigenvalue weighted by Gasteiger charge is 2.18. The maximum Gasteiger partial charge on any atom is 0.243 e. The number of rotatable bonds is 4. The smallest absolute Gasteiger partial charge is 0.243 e. The number of aromatic nitrogens is 3. The second kappa shape index (κ2) is 7.13. The predicted molar refractivity (Wildman–Crippen MR) is 87.7 cm³/mol. The number of nitrogens with two attached hydrogens (primary N) is 1. The van der Waals surface area contributed by atoms with E-state index in [1.54, 1.807) is 0 Å². The van der Waals surface area contributed by atoms with Crippen molar-refractivity contribution >= 4 is 29.6 Å². The molecule has 2 fully saturated rings. The van der Waals surface area contributed by atoms with E-state index in [0.29, 0.717) is 17.9 Å². The first-order chi connectivity index (χ1) is 10.3. The van der Waals surface area contributed by atoms with Crippen LogP contribution in [-0.2, 0) is 0 Å². The van der Waals surface area contributed by atoms with Gasteiger partial charge in [0.1, 0.15) is 0 Å². The van der Waals surface area contributed by atoms with Gasteiger partial charge < -0.3 is 10.2 Å². The quantitative estimate of drug-likeness (QED) is 0.568. The number of nitrogens with one attached hydrogen (secondary N) is 2. The van der Waals surface area contributed by atoms with Gasteiger partial charge in [-0.05, 0) is 43.6 Å². The van der Waals surface area contributed by atoms with E-state index in [1.807, 2.05) is 11.8 Å². The number of anilines is 3. The Morgan fingerprint density at radius 1 is 1.00 bits per heavy atom. The molecule has 3 rings (SSSR count). The molecular formula is C13H23N7S. The number of nitrogens with zero attached hydrogens (tertiary/aromatic N) is 4. The first-order valence-corrected chi connectivity index (χ1v) is 8.82. The predicted octanol–water partition coefficient (Wildman–Crippen LogP) is 1.45. The Morgan fingerprint density at radius 2 is 1.71 bits per heavy atom. The first kappa shape index (κ1) is 14.6. The Morgan fingerprint density at radius 3 is 2.43 bits per heavy atom. The Hall–Kier alpha value is -1.28. The number of nitrogen functional groups attached to an aromatic ring is 1. The largest absolute Gasteiger partial charge is 0.351 e. The monoisotopic (exact) mass is 309 g/mol. The van der Waals surface area contributed by atoms with Gasteiger partial charge in [0.15, 0.2) is 0 Å². The minimum Gasteiger partial charge on any atom is -0.351 e. The minimum absolute atomic E-state index is 0.429. The van der Waals surface area contributed by atoms with Crippen molar-refractivity contribution in [3.05, 3.63) is 0 Å². The summed E-state index contributed by atoms with van der Waals surface area (Å²) in [7, 11) is 0. The lowest BCUT2D eigenvalue weighted by Gasteiger charge is -2.27. The summed E-state index contributed by atoms with van der Waals surface area (Å²) in [5.41, 5.74) is 2.55. The molecule has 0 amide bonds. The molecule has 4 N–H and O–H groups in total. The van der Waals surface area contributed by atoms with E-state index in [0.717, 1.165) is 31.9 Å². The SMILES string of the molecule is NNc1nc(NC2CCSCC2)nc(N2CCCCC2)n1. The van der Waals surface area contributed by atoms with E-state index in [4.69, 9.17) is 5.84 Å². The summed E-state index contributed by atoms with van der Waals surface area (Å²) < 4.78 is 0. The van der Waals surface area contributed by atoms with Gasteiger partial charge in [-0.3, -0.25) is 5.43 Å². The Kier molecular flexibility index (Phi) is 4.97. The Bertz CT molecular complexity index is 458. The van der Waals surface area contributed by atoms with Crippen LogP contribution in [0.3, 0.4) is 0 Å². The van der Waals surface area contributed by atoms with Gasteiger partial charge in [-0.15, -0.1) is 0 Å². The molecule has 2 aliphatic heterocycles. The standard InChI is InChI=1S/C13H23N7S/c14-19-12-16-11(15-10-4-8-21-9-5-10)17-13(18-12)20-6-2-1-3-7-20/h10H,1-9,14H2,(H2,15,16,17,18,19). The summed E-state index contributed by atoms with van der Waals surface area (Å²) in [5, 5.41) is 3.44. The molecular weight excluding hydrogens is 286 g/mol. The van der Waals surface area contributed by atoms with Gasteiger partial charge in [-0.25, -0.2) is 5.84 Å². The van der Waals surface area contributed by atoms with Crippen molar-refractivity contribution < 1.29 is 0 Å². The Balaban J connectivity index is 1.75. The topological polar surface area (TPSA) is 92.0 Å². The molecule has 0 aromatic carbocycles. The summed E-state index contributed by atoms with van der Waals surface area (Å²) in [6, 6.07) is 0.452. The molecule has 0 saturated carbocycles. The molecule has 116 valence electrons. The van der Waals surface area contributed by atoms with Crippen LogP contribution in [0.5, 0.6) is 0 Å². The molecule has 8 heteroatoms. The van der Waals surface area contributed by atoms with Crippen LogP contribution in [0.4, 0.5) is 17.8 Å². The molecule has 7 nitrogen and oxygen atoms in total. The van der Waals surface area contributed by atoms with Gasteiger partial charge in [0.2, 0.25) is 17.8 Å². The second-order valence-corrected chi connectivity index (χ2v) is 6.73. The van der Waals surface area contributed by atoms with Crippen LogP contribution in [0.1, 0.15) is 32.1 Å². The highest BCUT2D eigenvalue weighted by atomic mass is 32.2. The summed E-state index contributed by atoms with van der Waals surface area (Å²) in [5.74, 6) is 9.68. The van der Waals surface area contributed by atoms with Gasteiger partial charge in [-0.1, -0.05) is 0 Å². The van der Waals surface area contributed by atoms with E-state index < -0.39 is 0 Å². The Labute approximate surface area is 129 Å². The average molecular weight is 309 g/mol. The van der Waals surface area contributed by atoms with Crippen molar-refractivity contribution in [1.29, 1.82) is 0 Å². The highest BCUT2D eigenvalue weighted by Crippen LogP contribution is 2.22. The lowest BCUT2D eigenvalue weighted by molar-refractivity contribution is 0.567. The maximum atomic E-state index is 5.50. The summed E-state index contributed by atoms with van der Waals surface area (Å²) in [6.07, 6.45) is 5.98. The lowest BCUT2D eigenvalue weighted by Crippen LogP contribution is -2.32. The number of thioether (sulfide) groups is 1. The molecule has 0 unspecified atom stereocenters. The van der Waals surface area contributed by atoms with Crippen LogP contribution in [0.15, 0.2) is 0 Å². The van der Waals surface area contributed by atoms with E-state index in [2.05, 4.69) is 30.6 Å². The fourth-order valence-electron chi connectivity index (χ4n) is 2.75. The average Bonchev–Trinajstić information content (AvgIpc) is 2.56. The third-order valence-corrected chi connectivity index (χ3v) is 4.99. The molecule has 0 aliphatic carbocycles. The molecule has 21 heavy (non-hydrogen) atoms. The third-order valence-electron chi connectivity index (χ3n) is 3.95. The normalized spacial score (nSPS) is 20.3. The number of hydrogen-bond acceptors (Lipinski definition) is 8. The first-order valence-electron chi connectivity index (χ1n) is 7.67. The lowest BCUT2D eigenvalue weighted by atomic mass is 10.1. The van der Waals surface area contributed by atoms with Crippen LogP contribution in [0.25, 0.3) is 0 Å². The third kappa shape index (κ3) is 3.88. The van der Waals surface area contributed by atoms with Gasteiger partial charge in [-0.2, -0.15) is 26.7 Å². The van der Waals surface area contributed by atoms with Crippen LogP contribution in [0, 0.1) is 0 Å². The number of piperidine rings is 1. The zero-order valence-corrected chi connectivity index (χ0v) is 13.0. The fraction of sp³-hybridized carbons (Fsp3) is 0.769. The van der Waals surface area contributed by atoms with Crippen molar-refractivity contribution in [2.75, 3.05) is 40.2 Å². The molecule has 3 heterocycles. The van der Waals surface area contributed by atoms with E-state index in [1.165, 1.54) is 30.8 Å². The van der Waals surface area contributed by atoms with Gasteiger partial charge in [0, 0.05) is 19.1 Å². The minimum atomic E-state index is 0.429. The van der Waals surface area contributed by atoms with Gasteiger partial charge >= 0.3 is 0 Å². The van der Waals surface area contributed by atoms with Crippen molar-refractivity contribution in [2.45, 2.75) is 38.1 Å². The van der Waals surface area contributed by atoms with Crippen molar-refractivity contribution in [1.82, 2.24) is 15.0 Å². The zero-order chi connectivity index (χ0) is 14.5. The second-order valence-electron chi connectivity index (χ2n) is 5.51. The number of hydrogen-bond donors (Lipinski definition) is 3.